The number of hydrogen-bond acceptors (Lipinski definition) is 3. The summed E-state index contributed by atoms with van der Waals surface area (Å²) in [6.07, 6.45) is 1.00. The molecule has 1 unspecified atom stereocenters. The number of ether oxygens (including phenoxy) is 1. The van der Waals surface area contributed by atoms with Gasteiger partial charge in [-0.3, -0.25) is 4.79 Å². The maximum Gasteiger partial charge on any atom is 0.246 e. The molecule has 1 aliphatic heterocycles. The van der Waals surface area contributed by atoms with Crippen LogP contribution in [0.4, 0.5) is 5.69 Å². The van der Waals surface area contributed by atoms with Gasteiger partial charge in [-0.15, -0.1) is 0 Å². The number of carbonyl (C=O) groups excluding carboxylic acids is 1. The molecule has 2 N–H and O–H groups in total. The van der Waals surface area contributed by atoms with Crippen LogP contribution in [0.3, 0.4) is 0 Å². The summed E-state index contributed by atoms with van der Waals surface area (Å²) < 4.78 is 5.22. The largest absolute Gasteiger partial charge is 0.495 e. The normalized spacial score (nSPS) is 18.1. The van der Waals surface area contributed by atoms with E-state index in [0.717, 1.165) is 24.2 Å². The van der Waals surface area contributed by atoms with E-state index in [1.165, 1.54) is 0 Å². The molecule has 0 bridgehead atoms. The number of benzene rings is 1. The van der Waals surface area contributed by atoms with Gasteiger partial charge in [-0.05, 0) is 19.0 Å². The molecule has 4 nitrogen and oxygen atoms in total. The van der Waals surface area contributed by atoms with Crippen LogP contribution in [0.5, 0.6) is 5.75 Å². The molecule has 1 aliphatic rings. The molecule has 0 saturated carbocycles. The van der Waals surface area contributed by atoms with E-state index < -0.39 is 0 Å². The SMILES string of the molecule is CCCNC1C(=O)Nc2c(OC)cccc21. The zero-order chi connectivity index (χ0) is 11.5. The minimum atomic E-state index is -0.245. The van der Waals surface area contributed by atoms with E-state index in [-0.39, 0.29) is 11.9 Å². The lowest BCUT2D eigenvalue weighted by atomic mass is 10.1. The van der Waals surface area contributed by atoms with Crippen molar-refractivity contribution < 1.29 is 9.53 Å². The molecule has 4 heteroatoms. The third-order valence-electron chi connectivity index (χ3n) is 2.70. The molecule has 1 atom stereocenters. The fourth-order valence-electron chi connectivity index (χ4n) is 1.92. The number of methoxy groups -OCH3 is 1. The number of anilines is 1. The fourth-order valence-corrected chi connectivity index (χ4v) is 1.92. The van der Waals surface area contributed by atoms with Gasteiger partial charge < -0.3 is 15.4 Å². The molecule has 1 aromatic carbocycles. The Hall–Kier alpha value is -1.55. The molecule has 86 valence electrons. The van der Waals surface area contributed by atoms with Crippen molar-refractivity contribution in [2.75, 3.05) is 19.0 Å². The Morgan fingerprint density at radius 3 is 3.00 bits per heavy atom. The highest BCUT2D eigenvalue weighted by molar-refractivity contribution is 6.04. The first kappa shape index (κ1) is 11.0. The van der Waals surface area contributed by atoms with E-state index in [2.05, 4.69) is 17.6 Å². The Morgan fingerprint density at radius 2 is 2.31 bits per heavy atom. The van der Waals surface area contributed by atoms with Crippen molar-refractivity contribution in [3.8, 4) is 5.75 Å². The van der Waals surface area contributed by atoms with Gasteiger partial charge >= 0.3 is 0 Å². The number of rotatable bonds is 4. The molecule has 1 amide bonds. The van der Waals surface area contributed by atoms with Crippen molar-refractivity contribution in [2.24, 2.45) is 0 Å². The van der Waals surface area contributed by atoms with E-state index in [9.17, 15) is 4.79 Å². The Labute approximate surface area is 95.0 Å². The van der Waals surface area contributed by atoms with Crippen LogP contribution in [0.1, 0.15) is 24.9 Å². The van der Waals surface area contributed by atoms with E-state index in [4.69, 9.17) is 4.74 Å². The summed E-state index contributed by atoms with van der Waals surface area (Å²) in [7, 11) is 1.61. The summed E-state index contributed by atoms with van der Waals surface area (Å²) >= 11 is 0. The van der Waals surface area contributed by atoms with Crippen molar-refractivity contribution in [3.05, 3.63) is 23.8 Å². The molecule has 0 saturated heterocycles. The quantitative estimate of drug-likeness (QED) is 0.811. The van der Waals surface area contributed by atoms with Crippen LogP contribution in [-0.2, 0) is 4.79 Å². The van der Waals surface area contributed by atoms with Gasteiger partial charge in [0.25, 0.3) is 0 Å². The molecule has 2 rings (SSSR count). The Morgan fingerprint density at radius 1 is 1.50 bits per heavy atom. The Balaban J connectivity index is 2.30. The van der Waals surface area contributed by atoms with Gasteiger partial charge in [0.15, 0.2) is 0 Å². The van der Waals surface area contributed by atoms with Crippen LogP contribution < -0.4 is 15.4 Å². The molecule has 0 radical (unpaired) electrons. The molecule has 0 aliphatic carbocycles. The molecule has 0 spiro atoms. The van der Waals surface area contributed by atoms with E-state index in [1.807, 2.05) is 18.2 Å². The number of hydrogen-bond donors (Lipinski definition) is 2. The van der Waals surface area contributed by atoms with Crippen molar-refractivity contribution >= 4 is 11.6 Å². The maximum atomic E-state index is 11.8. The molecule has 0 aromatic heterocycles. The lowest BCUT2D eigenvalue weighted by Crippen LogP contribution is -2.27. The summed E-state index contributed by atoms with van der Waals surface area (Å²) in [5.74, 6) is 0.708. The predicted octanol–water partition coefficient (Wildman–Crippen LogP) is 1.69. The molecule has 1 aromatic rings. The molecular weight excluding hydrogens is 204 g/mol. The monoisotopic (exact) mass is 220 g/mol. The van der Waals surface area contributed by atoms with Crippen molar-refractivity contribution in [3.63, 3.8) is 0 Å². The summed E-state index contributed by atoms with van der Waals surface area (Å²) in [5.41, 5.74) is 1.77. The minimum Gasteiger partial charge on any atom is -0.495 e. The summed E-state index contributed by atoms with van der Waals surface area (Å²) in [6, 6.07) is 5.45. The van der Waals surface area contributed by atoms with E-state index >= 15 is 0 Å². The van der Waals surface area contributed by atoms with Crippen molar-refractivity contribution in [1.29, 1.82) is 0 Å². The second-order valence-corrected chi connectivity index (χ2v) is 3.80. The summed E-state index contributed by atoms with van der Waals surface area (Å²) in [6.45, 7) is 2.90. The van der Waals surface area contributed by atoms with Crippen LogP contribution in [-0.4, -0.2) is 19.6 Å². The topological polar surface area (TPSA) is 50.4 Å². The predicted molar refractivity (Wildman–Crippen MR) is 62.7 cm³/mol. The van der Waals surface area contributed by atoms with Crippen LogP contribution in [0, 0.1) is 0 Å². The highest BCUT2D eigenvalue weighted by Gasteiger charge is 2.31. The van der Waals surface area contributed by atoms with Crippen LogP contribution in [0.25, 0.3) is 0 Å². The van der Waals surface area contributed by atoms with Crippen molar-refractivity contribution in [2.45, 2.75) is 19.4 Å². The highest BCUT2D eigenvalue weighted by Crippen LogP contribution is 2.37. The van der Waals surface area contributed by atoms with Gasteiger partial charge in [0.2, 0.25) is 5.91 Å². The Bertz CT molecular complexity index is 404. The van der Waals surface area contributed by atoms with Gasteiger partial charge in [0.05, 0.1) is 12.8 Å². The smallest absolute Gasteiger partial charge is 0.246 e. The fraction of sp³-hybridized carbons (Fsp3) is 0.417. The molecule has 16 heavy (non-hydrogen) atoms. The third-order valence-corrected chi connectivity index (χ3v) is 2.70. The van der Waals surface area contributed by atoms with Crippen LogP contribution in [0.15, 0.2) is 18.2 Å². The zero-order valence-electron chi connectivity index (χ0n) is 9.54. The standard InChI is InChI=1S/C12H16N2O2/c1-3-7-13-11-8-5-4-6-9(16-2)10(8)14-12(11)15/h4-6,11,13H,3,7H2,1-2H3,(H,14,15). The van der Waals surface area contributed by atoms with E-state index in [0.29, 0.717) is 5.75 Å². The summed E-state index contributed by atoms with van der Waals surface area (Å²) in [4.78, 5) is 11.8. The third kappa shape index (κ3) is 1.76. The first-order valence-corrected chi connectivity index (χ1v) is 5.49. The van der Waals surface area contributed by atoms with Gasteiger partial charge in [0.1, 0.15) is 11.8 Å². The number of fused-ring (bicyclic) bond motifs is 1. The number of para-hydroxylation sites is 1. The second-order valence-electron chi connectivity index (χ2n) is 3.80. The number of amides is 1. The van der Waals surface area contributed by atoms with Crippen molar-refractivity contribution in [1.82, 2.24) is 5.32 Å². The lowest BCUT2D eigenvalue weighted by molar-refractivity contribution is -0.117. The zero-order valence-corrected chi connectivity index (χ0v) is 9.54. The first-order valence-electron chi connectivity index (χ1n) is 5.49. The number of carbonyl (C=O) groups is 1. The highest BCUT2D eigenvalue weighted by atomic mass is 16.5. The lowest BCUT2D eigenvalue weighted by Gasteiger charge is -2.10. The summed E-state index contributed by atoms with van der Waals surface area (Å²) in [5, 5.41) is 6.07. The molecular formula is C12H16N2O2. The van der Waals surface area contributed by atoms with Gasteiger partial charge in [0, 0.05) is 5.56 Å². The van der Waals surface area contributed by atoms with Gasteiger partial charge in [-0.2, -0.15) is 0 Å². The average Bonchev–Trinajstić information content (AvgIpc) is 2.62. The van der Waals surface area contributed by atoms with E-state index in [1.54, 1.807) is 7.11 Å². The molecule has 0 fully saturated rings. The number of nitrogens with one attached hydrogen (secondary N) is 2. The first-order chi connectivity index (χ1) is 7.77. The maximum absolute atomic E-state index is 11.8. The Kier molecular flexibility index (Phi) is 3.10. The second kappa shape index (κ2) is 4.53. The van der Waals surface area contributed by atoms with Gasteiger partial charge in [-0.1, -0.05) is 19.1 Å². The van der Waals surface area contributed by atoms with Gasteiger partial charge in [-0.25, -0.2) is 0 Å². The minimum absolute atomic E-state index is 0.00653. The van der Waals surface area contributed by atoms with Crippen LogP contribution >= 0.6 is 0 Å². The van der Waals surface area contributed by atoms with Crippen LogP contribution in [0.2, 0.25) is 0 Å². The average molecular weight is 220 g/mol. The molecule has 1 heterocycles.